The molecule has 0 aliphatic heterocycles. The van der Waals surface area contributed by atoms with E-state index in [9.17, 15) is 4.79 Å². The number of carbonyl (C=O) groups excluding carboxylic acids is 1. The molecule has 1 aromatic heterocycles. The summed E-state index contributed by atoms with van der Waals surface area (Å²) in [5.41, 5.74) is 5.27. The second-order valence-electron chi connectivity index (χ2n) is 6.06. The number of oxazole rings is 1. The minimum Gasteiger partial charge on any atom is -0.436 e. The van der Waals surface area contributed by atoms with Crippen LogP contribution in [-0.4, -0.2) is 16.8 Å². The van der Waals surface area contributed by atoms with Crippen molar-refractivity contribution in [3.8, 4) is 11.5 Å². The van der Waals surface area contributed by atoms with Crippen molar-refractivity contribution in [2.75, 3.05) is 11.2 Å². The first-order valence-electron chi connectivity index (χ1n) is 7.86. The molecule has 1 heterocycles. The number of anilines is 1. The number of nitrogens with one attached hydrogen (secondary N) is 1. The fraction of sp³-hybridized carbons (Fsp3) is 0.263. The normalized spacial score (nSPS) is 11.2. The van der Waals surface area contributed by atoms with Gasteiger partial charge >= 0.3 is 0 Å². The molecular weight excluding hydrogens is 324 g/mol. The fourth-order valence-electron chi connectivity index (χ4n) is 2.61. The van der Waals surface area contributed by atoms with Crippen LogP contribution in [-0.2, 0) is 4.79 Å². The van der Waals surface area contributed by atoms with E-state index in [1.165, 1.54) is 5.56 Å². The molecule has 0 spiro atoms. The molecule has 5 heteroatoms. The third-order valence-corrected chi connectivity index (χ3v) is 4.28. The minimum atomic E-state index is -0.240. The van der Waals surface area contributed by atoms with Crippen LogP contribution in [0.4, 0.5) is 5.69 Å². The maximum atomic E-state index is 11.5. The Morgan fingerprint density at radius 1 is 1.29 bits per heavy atom. The van der Waals surface area contributed by atoms with Crippen LogP contribution >= 0.6 is 11.6 Å². The summed E-state index contributed by atoms with van der Waals surface area (Å²) in [4.78, 5) is 16.2. The maximum absolute atomic E-state index is 11.5. The molecule has 124 valence electrons. The highest BCUT2D eigenvalue weighted by molar-refractivity contribution is 6.29. The molecule has 0 unspecified atom stereocenters. The standard InChI is InChI=1S/C19H19ClN2O2/c1-11(2)13-7-8-17-16(9-13)22-19(24-17)14-5-4-6-15(12(14)3)21-18(23)10-20/h4-9,11H,10H2,1-3H3,(H,21,23). The Balaban J connectivity index is 2.04. The SMILES string of the molecule is Cc1c(NC(=O)CCl)cccc1-c1nc2cc(C(C)C)ccc2o1. The lowest BCUT2D eigenvalue weighted by Crippen LogP contribution is -2.13. The summed E-state index contributed by atoms with van der Waals surface area (Å²) in [6, 6.07) is 11.7. The molecule has 0 fully saturated rings. The van der Waals surface area contributed by atoms with Gasteiger partial charge in [-0.05, 0) is 48.2 Å². The monoisotopic (exact) mass is 342 g/mol. The molecule has 0 aliphatic rings. The largest absolute Gasteiger partial charge is 0.436 e. The lowest BCUT2D eigenvalue weighted by atomic mass is 10.0. The average molecular weight is 343 g/mol. The molecule has 4 nitrogen and oxygen atoms in total. The Hall–Kier alpha value is -2.33. The van der Waals surface area contributed by atoms with Gasteiger partial charge in [-0.15, -0.1) is 11.6 Å². The minimum absolute atomic E-state index is 0.0788. The quantitative estimate of drug-likeness (QED) is 0.671. The Kier molecular flexibility index (Phi) is 4.58. The number of hydrogen-bond acceptors (Lipinski definition) is 3. The third kappa shape index (κ3) is 3.15. The number of halogens is 1. The highest BCUT2D eigenvalue weighted by atomic mass is 35.5. The molecule has 0 saturated carbocycles. The van der Waals surface area contributed by atoms with E-state index in [-0.39, 0.29) is 11.8 Å². The van der Waals surface area contributed by atoms with Crippen molar-refractivity contribution in [3.05, 3.63) is 47.5 Å². The van der Waals surface area contributed by atoms with E-state index in [1.807, 2.05) is 31.2 Å². The van der Waals surface area contributed by atoms with E-state index in [4.69, 9.17) is 16.0 Å². The van der Waals surface area contributed by atoms with Crippen LogP contribution in [0, 0.1) is 6.92 Å². The van der Waals surface area contributed by atoms with Crippen molar-refractivity contribution in [1.29, 1.82) is 0 Å². The van der Waals surface area contributed by atoms with Crippen molar-refractivity contribution in [1.82, 2.24) is 4.98 Å². The van der Waals surface area contributed by atoms with Gasteiger partial charge in [-0.25, -0.2) is 4.98 Å². The first-order valence-corrected chi connectivity index (χ1v) is 8.39. The highest BCUT2D eigenvalue weighted by Gasteiger charge is 2.14. The Morgan fingerprint density at radius 3 is 2.79 bits per heavy atom. The van der Waals surface area contributed by atoms with Gasteiger partial charge in [0.2, 0.25) is 11.8 Å². The summed E-state index contributed by atoms with van der Waals surface area (Å²) in [7, 11) is 0. The number of aromatic nitrogens is 1. The van der Waals surface area contributed by atoms with E-state index < -0.39 is 0 Å². The number of rotatable bonds is 4. The predicted molar refractivity (Wildman–Crippen MR) is 97.6 cm³/mol. The number of alkyl halides is 1. The molecule has 3 rings (SSSR count). The molecule has 0 aliphatic carbocycles. The second kappa shape index (κ2) is 6.65. The zero-order chi connectivity index (χ0) is 17.3. The van der Waals surface area contributed by atoms with Gasteiger partial charge in [0, 0.05) is 11.3 Å². The molecule has 3 aromatic rings. The molecule has 0 radical (unpaired) electrons. The molecule has 24 heavy (non-hydrogen) atoms. The lowest BCUT2D eigenvalue weighted by molar-refractivity contribution is -0.113. The van der Waals surface area contributed by atoms with Gasteiger partial charge in [-0.1, -0.05) is 26.0 Å². The zero-order valence-electron chi connectivity index (χ0n) is 13.9. The smallest absolute Gasteiger partial charge is 0.239 e. The Bertz CT molecular complexity index is 900. The van der Waals surface area contributed by atoms with Crippen LogP contribution in [0.5, 0.6) is 0 Å². The van der Waals surface area contributed by atoms with Gasteiger partial charge < -0.3 is 9.73 Å². The fourth-order valence-corrected chi connectivity index (χ4v) is 2.67. The summed E-state index contributed by atoms with van der Waals surface area (Å²) in [5.74, 6) is 0.664. The first kappa shape index (κ1) is 16.5. The van der Waals surface area contributed by atoms with Crippen LogP contribution in [0.25, 0.3) is 22.6 Å². The number of amides is 1. The van der Waals surface area contributed by atoms with Crippen molar-refractivity contribution >= 4 is 34.3 Å². The van der Waals surface area contributed by atoms with E-state index in [2.05, 4.69) is 36.3 Å². The van der Waals surface area contributed by atoms with E-state index in [1.54, 1.807) is 0 Å². The Labute approximate surface area is 145 Å². The second-order valence-corrected chi connectivity index (χ2v) is 6.33. The number of benzene rings is 2. The van der Waals surface area contributed by atoms with Crippen LogP contribution in [0.3, 0.4) is 0 Å². The number of fused-ring (bicyclic) bond motifs is 1. The molecule has 0 atom stereocenters. The summed E-state index contributed by atoms with van der Waals surface area (Å²) < 4.78 is 5.91. The van der Waals surface area contributed by atoms with Gasteiger partial charge in [-0.3, -0.25) is 4.79 Å². The molecular formula is C19H19ClN2O2. The molecule has 1 amide bonds. The topological polar surface area (TPSA) is 55.1 Å². The van der Waals surface area contributed by atoms with E-state index in [0.29, 0.717) is 17.5 Å². The van der Waals surface area contributed by atoms with Crippen molar-refractivity contribution in [3.63, 3.8) is 0 Å². The summed E-state index contributed by atoms with van der Waals surface area (Å²) in [6.07, 6.45) is 0. The number of hydrogen-bond donors (Lipinski definition) is 1. The van der Waals surface area contributed by atoms with Crippen molar-refractivity contribution in [2.24, 2.45) is 0 Å². The van der Waals surface area contributed by atoms with Crippen LogP contribution in [0.15, 0.2) is 40.8 Å². The summed E-state index contributed by atoms with van der Waals surface area (Å²) in [6.45, 7) is 6.22. The molecule has 1 N–H and O–H groups in total. The zero-order valence-corrected chi connectivity index (χ0v) is 14.6. The third-order valence-electron chi connectivity index (χ3n) is 4.04. The van der Waals surface area contributed by atoms with Gasteiger partial charge in [0.05, 0.1) is 0 Å². The maximum Gasteiger partial charge on any atom is 0.239 e. The van der Waals surface area contributed by atoms with Crippen LogP contribution in [0.2, 0.25) is 0 Å². The van der Waals surface area contributed by atoms with E-state index >= 15 is 0 Å². The van der Waals surface area contributed by atoms with Gasteiger partial charge in [0.15, 0.2) is 5.58 Å². The number of nitrogens with zero attached hydrogens (tertiary/aromatic N) is 1. The van der Waals surface area contributed by atoms with Crippen LogP contribution < -0.4 is 5.32 Å². The van der Waals surface area contributed by atoms with Crippen molar-refractivity contribution < 1.29 is 9.21 Å². The average Bonchev–Trinajstić information content (AvgIpc) is 2.99. The lowest BCUT2D eigenvalue weighted by Gasteiger charge is -2.09. The summed E-state index contributed by atoms with van der Waals surface area (Å²) >= 11 is 5.56. The van der Waals surface area contributed by atoms with Gasteiger partial charge in [0.25, 0.3) is 0 Å². The molecule has 0 saturated heterocycles. The Morgan fingerprint density at radius 2 is 2.08 bits per heavy atom. The highest BCUT2D eigenvalue weighted by Crippen LogP contribution is 2.31. The predicted octanol–water partition coefficient (Wildman–Crippen LogP) is 5.10. The van der Waals surface area contributed by atoms with Gasteiger partial charge in [-0.2, -0.15) is 0 Å². The van der Waals surface area contributed by atoms with Gasteiger partial charge in [0.1, 0.15) is 11.4 Å². The van der Waals surface area contributed by atoms with E-state index in [0.717, 1.165) is 22.2 Å². The molecule has 2 aromatic carbocycles. The molecule has 0 bridgehead atoms. The summed E-state index contributed by atoms with van der Waals surface area (Å²) in [5, 5.41) is 2.79. The number of carbonyl (C=O) groups is 1. The van der Waals surface area contributed by atoms with Crippen molar-refractivity contribution in [2.45, 2.75) is 26.7 Å². The first-order chi connectivity index (χ1) is 11.5. The van der Waals surface area contributed by atoms with Crippen LogP contribution in [0.1, 0.15) is 30.9 Å².